The first-order valence-electron chi connectivity index (χ1n) is 9.16. The molecule has 0 aliphatic heterocycles. The maximum atomic E-state index is 13.1. The molecule has 6 heteroatoms. The first-order chi connectivity index (χ1) is 14.0. The third-order valence-electron chi connectivity index (χ3n) is 4.53. The standard InChI is InChI=1S/C23H19FN2O2S/c1-14-4-3-5-16(10-14)11-19-13-25-23(29-19)26-22(27)20-12-21(28-15(20)2)17-6-8-18(24)9-7-17/h3-10,12-13H,11H2,1-2H3,(H,25,26,27). The zero-order chi connectivity index (χ0) is 20.4. The third kappa shape index (κ3) is 4.43. The molecule has 2 heterocycles. The van der Waals surface area contributed by atoms with Crippen LogP contribution >= 0.6 is 11.3 Å². The summed E-state index contributed by atoms with van der Waals surface area (Å²) in [7, 11) is 0. The summed E-state index contributed by atoms with van der Waals surface area (Å²) in [5.74, 6) is 0.418. The van der Waals surface area contributed by atoms with Crippen LogP contribution in [0.5, 0.6) is 0 Å². The fourth-order valence-electron chi connectivity index (χ4n) is 3.10. The summed E-state index contributed by atoms with van der Waals surface area (Å²) in [4.78, 5) is 18.1. The van der Waals surface area contributed by atoms with Crippen molar-refractivity contribution in [1.29, 1.82) is 0 Å². The van der Waals surface area contributed by atoms with Crippen LogP contribution in [0.25, 0.3) is 11.3 Å². The average Bonchev–Trinajstić information content (AvgIpc) is 3.29. The van der Waals surface area contributed by atoms with Crippen LogP contribution in [0, 0.1) is 19.7 Å². The number of aryl methyl sites for hydroxylation is 2. The third-order valence-corrected chi connectivity index (χ3v) is 5.44. The van der Waals surface area contributed by atoms with Crippen LogP contribution in [0.1, 0.15) is 32.1 Å². The van der Waals surface area contributed by atoms with Gasteiger partial charge in [0.15, 0.2) is 5.13 Å². The number of carbonyl (C=O) groups is 1. The van der Waals surface area contributed by atoms with E-state index in [0.29, 0.717) is 27.8 Å². The number of aromatic nitrogens is 1. The fraction of sp³-hybridized carbons (Fsp3) is 0.130. The number of hydrogen-bond acceptors (Lipinski definition) is 4. The van der Waals surface area contributed by atoms with Gasteiger partial charge in [-0.2, -0.15) is 0 Å². The van der Waals surface area contributed by atoms with Crippen LogP contribution in [0.15, 0.2) is 65.2 Å². The molecule has 0 atom stereocenters. The molecule has 0 saturated carbocycles. The number of thiazole rings is 1. The van der Waals surface area contributed by atoms with Crippen molar-refractivity contribution >= 4 is 22.4 Å². The summed E-state index contributed by atoms with van der Waals surface area (Å²) in [5.41, 5.74) is 3.57. The lowest BCUT2D eigenvalue weighted by Gasteiger charge is -2.00. The lowest BCUT2D eigenvalue weighted by Crippen LogP contribution is -2.11. The fourth-order valence-corrected chi connectivity index (χ4v) is 3.94. The molecule has 0 spiro atoms. The van der Waals surface area contributed by atoms with Gasteiger partial charge >= 0.3 is 0 Å². The molecule has 0 aliphatic rings. The predicted molar refractivity (Wildman–Crippen MR) is 113 cm³/mol. The molecule has 0 aliphatic carbocycles. The van der Waals surface area contributed by atoms with Crippen molar-refractivity contribution in [2.24, 2.45) is 0 Å². The summed E-state index contributed by atoms with van der Waals surface area (Å²) >= 11 is 1.45. The van der Waals surface area contributed by atoms with Gasteiger partial charge in [-0.1, -0.05) is 29.8 Å². The monoisotopic (exact) mass is 406 g/mol. The van der Waals surface area contributed by atoms with Gasteiger partial charge in [0, 0.05) is 23.1 Å². The van der Waals surface area contributed by atoms with Gasteiger partial charge in [0.05, 0.1) is 5.56 Å². The topological polar surface area (TPSA) is 55.1 Å². The van der Waals surface area contributed by atoms with Gasteiger partial charge in [0.1, 0.15) is 17.3 Å². The van der Waals surface area contributed by atoms with E-state index in [2.05, 4.69) is 35.4 Å². The van der Waals surface area contributed by atoms with Crippen molar-refractivity contribution in [2.45, 2.75) is 20.3 Å². The number of anilines is 1. The first-order valence-corrected chi connectivity index (χ1v) is 9.97. The minimum Gasteiger partial charge on any atom is -0.461 e. The van der Waals surface area contributed by atoms with E-state index < -0.39 is 0 Å². The first kappa shape index (κ1) is 19.1. The number of amides is 1. The summed E-state index contributed by atoms with van der Waals surface area (Å²) in [5, 5.41) is 3.38. The van der Waals surface area contributed by atoms with E-state index in [-0.39, 0.29) is 11.7 Å². The van der Waals surface area contributed by atoms with Crippen molar-refractivity contribution in [3.8, 4) is 11.3 Å². The Balaban J connectivity index is 1.47. The maximum absolute atomic E-state index is 13.1. The number of nitrogens with zero attached hydrogens (tertiary/aromatic N) is 1. The minimum atomic E-state index is -0.319. The van der Waals surface area contributed by atoms with E-state index in [1.165, 1.54) is 34.6 Å². The predicted octanol–water partition coefficient (Wildman–Crippen LogP) is 6.00. The highest BCUT2D eigenvalue weighted by molar-refractivity contribution is 7.15. The number of carbonyl (C=O) groups excluding carboxylic acids is 1. The second-order valence-electron chi connectivity index (χ2n) is 6.84. The Bertz CT molecular complexity index is 1160. The van der Waals surface area contributed by atoms with Crippen molar-refractivity contribution in [3.63, 3.8) is 0 Å². The number of benzene rings is 2. The van der Waals surface area contributed by atoms with Crippen molar-refractivity contribution < 1.29 is 13.6 Å². The largest absolute Gasteiger partial charge is 0.461 e. The van der Waals surface area contributed by atoms with Crippen LogP contribution in [0.3, 0.4) is 0 Å². The molecule has 4 aromatic rings. The van der Waals surface area contributed by atoms with Gasteiger partial charge in [0.2, 0.25) is 0 Å². The number of hydrogen-bond donors (Lipinski definition) is 1. The van der Waals surface area contributed by atoms with Gasteiger partial charge in [-0.3, -0.25) is 10.1 Å². The second-order valence-corrected chi connectivity index (χ2v) is 7.95. The van der Waals surface area contributed by atoms with E-state index in [1.807, 2.05) is 6.07 Å². The molecular weight excluding hydrogens is 387 g/mol. The molecule has 4 nitrogen and oxygen atoms in total. The van der Waals surface area contributed by atoms with Crippen molar-refractivity contribution in [1.82, 2.24) is 4.98 Å². The second kappa shape index (κ2) is 8.01. The Labute approximate surface area is 172 Å². The van der Waals surface area contributed by atoms with E-state index in [0.717, 1.165) is 11.3 Å². The molecule has 2 aromatic carbocycles. The SMILES string of the molecule is Cc1cccc(Cc2cnc(NC(=O)c3cc(-c4ccc(F)cc4)oc3C)s2)c1. The molecule has 0 saturated heterocycles. The van der Waals surface area contributed by atoms with Gasteiger partial charge in [-0.15, -0.1) is 11.3 Å². The maximum Gasteiger partial charge on any atom is 0.261 e. The van der Waals surface area contributed by atoms with Crippen molar-refractivity contribution in [2.75, 3.05) is 5.32 Å². The quantitative estimate of drug-likeness (QED) is 0.442. The highest BCUT2D eigenvalue weighted by atomic mass is 32.1. The highest BCUT2D eigenvalue weighted by Crippen LogP contribution is 2.27. The van der Waals surface area contributed by atoms with E-state index in [1.54, 1.807) is 31.3 Å². The molecule has 1 amide bonds. The van der Waals surface area contributed by atoms with Gasteiger partial charge in [-0.05, 0) is 49.7 Å². The Morgan fingerprint density at radius 2 is 1.93 bits per heavy atom. The number of furan rings is 1. The molecule has 0 radical (unpaired) electrons. The Morgan fingerprint density at radius 3 is 2.69 bits per heavy atom. The summed E-state index contributed by atoms with van der Waals surface area (Å²) < 4.78 is 18.8. The van der Waals surface area contributed by atoms with E-state index >= 15 is 0 Å². The lowest BCUT2D eigenvalue weighted by molar-refractivity contribution is 0.102. The Morgan fingerprint density at radius 1 is 1.14 bits per heavy atom. The Hall–Kier alpha value is -3.25. The average molecular weight is 406 g/mol. The van der Waals surface area contributed by atoms with Crippen LogP contribution < -0.4 is 5.32 Å². The smallest absolute Gasteiger partial charge is 0.261 e. The van der Waals surface area contributed by atoms with Gasteiger partial charge in [0.25, 0.3) is 5.91 Å². The van der Waals surface area contributed by atoms with Gasteiger partial charge < -0.3 is 4.42 Å². The molecule has 0 bridgehead atoms. The summed E-state index contributed by atoms with van der Waals surface area (Å²) in [6.45, 7) is 3.79. The normalized spacial score (nSPS) is 10.9. The van der Waals surface area contributed by atoms with Crippen LogP contribution in [0.2, 0.25) is 0 Å². The van der Waals surface area contributed by atoms with Crippen LogP contribution in [0.4, 0.5) is 9.52 Å². The summed E-state index contributed by atoms with van der Waals surface area (Å²) in [6, 6.07) is 15.9. The molecule has 29 heavy (non-hydrogen) atoms. The molecular formula is C23H19FN2O2S. The number of rotatable bonds is 5. The molecule has 146 valence electrons. The number of halogens is 1. The zero-order valence-electron chi connectivity index (χ0n) is 16.0. The van der Waals surface area contributed by atoms with E-state index in [9.17, 15) is 9.18 Å². The minimum absolute atomic E-state index is 0.281. The molecule has 0 fully saturated rings. The summed E-state index contributed by atoms with van der Waals surface area (Å²) in [6.07, 6.45) is 2.56. The molecule has 1 N–H and O–H groups in total. The van der Waals surface area contributed by atoms with Crippen LogP contribution in [-0.4, -0.2) is 10.9 Å². The molecule has 2 aromatic heterocycles. The highest BCUT2D eigenvalue weighted by Gasteiger charge is 2.17. The van der Waals surface area contributed by atoms with E-state index in [4.69, 9.17) is 4.42 Å². The van der Waals surface area contributed by atoms with Crippen molar-refractivity contribution in [3.05, 3.63) is 93.9 Å². The number of nitrogens with one attached hydrogen (secondary N) is 1. The molecule has 0 unspecified atom stereocenters. The van der Waals surface area contributed by atoms with Crippen LogP contribution in [-0.2, 0) is 6.42 Å². The Kier molecular flexibility index (Phi) is 5.27. The molecule has 4 rings (SSSR count). The van der Waals surface area contributed by atoms with Gasteiger partial charge in [-0.25, -0.2) is 9.37 Å². The zero-order valence-corrected chi connectivity index (χ0v) is 16.8. The lowest BCUT2D eigenvalue weighted by atomic mass is 10.1.